The summed E-state index contributed by atoms with van der Waals surface area (Å²) in [5.74, 6) is -3.19. The van der Waals surface area contributed by atoms with E-state index >= 15 is 0 Å². The molecule has 1 aromatic carbocycles. The molecule has 1 N–H and O–H groups in total. The van der Waals surface area contributed by atoms with E-state index < -0.39 is 29.7 Å². The van der Waals surface area contributed by atoms with Gasteiger partial charge in [0.05, 0.1) is 12.8 Å². The molecule has 0 saturated heterocycles. The van der Waals surface area contributed by atoms with Crippen LogP contribution in [0.15, 0.2) is 18.3 Å². The lowest BCUT2D eigenvalue weighted by atomic mass is 10.3. The van der Waals surface area contributed by atoms with Crippen LogP contribution < -0.4 is 0 Å². The first-order valence-corrected chi connectivity index (χ1v) is 4.29. The van der Waals surface area contributed by atoms with Crippen molar-refractivity contribution in [3.05, 3.63) is 41.5 Å². The summed E-state index contributed by atoms with van der Waals surface area (Å²) in [6, 6.07) is 1.08. The zero-order valence-corrected chi connectivity index (χ0v) is 7.86. The Balaban J connectivity index is 2.55. The highest BCUT2D eigenvalue weighted by molar-refractivity contribution is 5.34. The summed E-state index contributed by atoms with van der Waals surface area (Å²) in [6.07, 6.45) is 1.15. The highest BCUT2D eigenvalue weighted by Crippen LogP contribution is 2.18. The van der Waals surface area contributed by atoms with Gasteiger partial charge < -0.3 is 5.11 Å². The topological polar surface area (TPSA) is 50.9 Å². The first-order chi connectivity index (χ1) is 7.61. The molecule has 2 rings (SSSR count). The van der Waals surface area contributed by atoms with Gasteiger partial charge in [0.15, 0.2) is 11.6 Å². The fraction of sp³-hybridized carbons (Fsp3) is 0.111. The second-order valence-corrected chi connectivity index (χ2v) is 3.03. The Morgan fingerprint density at radius 1 is 1.19 bits per heavy atom. The maximum Gasteiger partial charge on any atom is 0.154 e. The van der Waals surface area contributed by atoms with E-state index in [0.29, 0.717) is 12.1 Å². The highest BCUT2D eigenvalue weighted by atomic mass is 19.1. The van der Waals surface area contributed by atoms with E-state index in [-0.39, 0.29) is 5.69 Å². The molecule has 0 aliphatic carbocycles. The van der Waals surface area contributed by atoms with Gasteiger partial charge in [0.25, 0.3) is 0 Å². The fourth-order valence-corrected chi connectivity index (χ4v) is 1.23. The molecule has 4 nitrogen and oxygen atoms in total. The first-order valence-electron chi connectivity index (χ1n) is 4.29. The second-order valence-electron chi connectivity index (χ2n) is 3.03. The molecule has 0 bridgehead atoms. The van der Waals surface area contributed by atoms with E-state index in [2.05, 4.69) is 10.3 Å². The Kier molecular flexibility index (Phi) is 2.61. The predicted molar refractivity (Wildman–Crippen MR) is 47.2 cm³/mol. The monoisotopic (exact) mass is 229 g/mol. The maximum atomic E-state index is 13.3. The number of nitrogens with zero attached hydrogens (tertiary/aromatic N) is 3. The van der Waals surface area contributed by atoms with Crippen LogP contribution in [0.5, 0.6) is 0 Å². The summed E-state index contributed by atoms with van der Waals surface area (Å²) >= 11 is 0. The second kappa shape index (κ2) is 3.93. The Labute approximate surface area is 87.9 Å². The lowest BCUT2D eigenvalue weighted by molar-refractivity contribution is 0.276. The van der Waals surface area contributed by atoms with Crippen molar-refractivity contribution >= 4 is 0 Å². The Bertz CT molecular complexity index is 503. The van der Waals surface area contributed by atoms with E-state index in [4.69, 9.17) is 5.11 Å². The molecule has 16 heavy (non-hydrogen) atoms. The van der Waals surface area contributed by atoms with Crippen molar-refractivity contribution in [1.82, 2.24) is 15.0 Å². The lowest BCUT2D eigenvalue weighted by Gasteiger charge is -2.03. The smallest absolute Gasteiger partial charge is 0.154 e. The van der Waals surface area contributed by atoms with E-state index in [1.165, 1.54) is 0 Å². The van der Waals surface area contributed by atoms with Gasteiger partial charge in [-0.25, -0.2) is 17.9 Å². The van der Waals surface area contributed by atoms with Gasteiger partial charge in [-0.3, -0.25) is 0 Å². The number of benzene rings is 1. The van der Waals surface area contributed by atoms with Gasteiger partial charge in [-0.1, -0.05) is 5.21 Å². The quantitative estimate of drug-likeness (QED) is 0.841. The van der Waals surface area contributed by atoms with Crippen LogP contribution in [0, 0.1) is 17.5 Å². The van der Waals surface area contributed by atoms with Crippen LogP contribution in [0.1, 0.15) is 5.69 Å². The molecule has 0 aliphatic rings. The third-order valence-electron chi connectivity index (χ3n) is 1.91. The van der Waals surface area contributed by atoms with Crippen LogP contribution in [0.4, 0.5) is 13.2 Å². The molecular weight excluding hydrogens is 223 g/mol. The van der Waals surface area contributed by atoms with Crippen LogP contribution in [-0.2, 0) is 6.61 Å². The number of hydrogen-bond acceptors (Lipinski definition) is 3. The summed E-state index contributed by atoms with van der Waals surface area (Å²) < 4.78 is 40.0. The Morgan fingerprint density at radius 2 is 1.81 bits per heavy atom. The van der Waals surface area contributed by atoms with Crippen molar-refractivity contribution in [2.45, 2.75) is 6.61 Å². The molecular formula is C9H6F3N3O. The summed E-state index contributed by atoms with van der Waals surface area (Å²) in [6.45, 7) is -0.398. The minimum atomic E-state index is -1.09. The van der Waals surface area contributed by atoms with Crippen molar-refractivity contribution < 1.29 is 18.3 Å². The third-order valence-corrected chi connectivity index (χ3v) is 1.91. The molecule has 2 aromatic rings. The van der Waals surface area contributed by atoms with Crippen LogP contribution in [0.2, 0.25) is 0 Å². The molecule has 0 unspecified atom stereocenters. The van der Waals surface area contributed by atoms with Gasteiger partial charge in [0.2, 0.25) is 0 Å². The Morgan fingerprint density at radius 3 is 2.31 bits per heavy atom. The van der Waals surface area contributed by atoms with Gasteiger partial charge in [0.1, 0.15) is 17.2 Å². The zero-order valence-electron chi connectivity index (χ0n) is 7.86. The third kappa shape index (κ3) is 1.76. The summed E-state index contributed by atoms with van der Waals surface area (Å²) in [5, 5.41) is 15.6. The fourth-order valence-electron chi connectivity index (χ4n) is 1.23. The normalized spacial score (nSPS) is 10.8. The molecule has 0 atom stereocenters. The summed E-state index contributed by atoms with van der Waals surface area (Å²) in [4.78, 5) is 0. The number of aromatic nitrogens is 3. The van der Waals surface area contributed by atoms with Crippen LogP contribution in [0.25, 0.3) is 5.69 Å². The average Bonchev–Trinajstić information content (AvgIpc) is 2.64. The molecule has 1 aromatic heterocycles. The van der Waals surface area contributed by atoms with Gasteiger partial charge in [-0.05, 0) is 0 Å². The SMILES string of the molecule is OCc1cn(-c2c(F)cc(F)cc2F)nn1. The van der Waals surface area contributed by atoms with Crippen LogP contribution in [-0.4, -0.2) is 20.1 Å². The van der Waals surface area contributed by atoms with E-state index in [9.17, 15) is 13.2 Å². The molecule has 0 amide bonds. The van der Waals surface area contributed by atoms with Crippen LogP contribution >= 0.6 is 0 Å². The van der Waals surface area contributed by atoms with Gasteiger partial charge in [-0.15, -0.1) is 5.10 Å². The number of aliphatic hydroxyl groups is 1. The molecule has 84 valence electrons. The number of aliphatic hydroxyl groups excluding tert-OH is 1. The largest absolute Gasteiger partial charge is 0.390 e. The molecule has 0 aliphatic heterocycles. The van der Waals surface area contributed by atoms with Gasteiger partial charge >= 0.3 is 0 Å². The van der Waals surface area contributed by atoms with Crippen molar-refractivity contribution in [1.29, 1.82) is 0 Å². The molecule has 0 spiro atoms. The number of rotatable bonds is 2. The van der Waals surface area contributed by atoms with Crippen molar-refractivity contribution in [2.24, 2.45) is 0 Å². The van der Waals surface area contributed by atoms with Crippen molar-refractivity contribution in [2.75, 3.05) is 0 Å². The van der Waals surface area contributed by atoms with E-state index in [1.807, 2.05) is 0 Å². The predicted octanol–water partition coefficient (Wildman–Crippen LogP) is 1.18. The summed E-state index contributed by atoms with van der Waals surface area (Å²) in [7, 11) is 0. The molecule has 0 fully saturated rings. The standard InChI is InChI=1S/C9H6F3N3O/c10-5-1-7(11)9(8(12)2-5)15-3-6(4-16)13-14-15/h1-3,16H,4H2. The molecule has 1 heterocycles. The maximum absolute atomic E-state index is 13.3. The van der Waals surface area contributed by atoms with Crippen LogP contribution in [0.3, 0.4) is 0 Å². The molecule has 7 heteroatoms. The number of hydrogen-bond donors (Lipinski definition) is 1. The van der Waals surface area contributed by atoms with Crippen molar-refractivity contribution in [3.63, 3.8) is 0 Å². The minimum absolute atomic E-state index is 0.156. The van der Waals surface area contributed by atoms with Crippen molar-refractivity contribution in [3.8, 4) is 5.69 Å². The first kappa shape index (κ1) is 10.6. The van der Waals surface area contributed by atoms with Gasteiger partial charge in [-0.2, -0.15) is 0 Å². The Hall–Kier alpha value is -1.89. The minimum Gasteiger partial charge on any atom is -0.390 e. The van der Waals surface area contributed by atoms with Gasteiger partial charge in [0, 0.05) is 12.1 Å². The average molecular weight is 229 g/mol. The zero-order chi connectivity index (χ0) is 11.7. The van der Waals surface area contributed by atoms with E-state index in [1.54, 1.807) is 0 Å². The number of halogens is 3. The highest BCUT2D eigenvalue weighted by Gasteiger charge is 2.14. The van der Waals surface area contributed by atoms with E-state index in [0.717, 1.165) is 10.9 Å². The molecule has 0 radical (unpaired) electrons. The lowest BCUT2D eigenvalue weighted by Crippen LogP contribution is -2.03. The molecule has 0 saturated carbocycles. The summed E-state index contributed by atoms with van der Waals surface area (Å²) in [5.41, 5.74) is -0.378.